The number of nitrogens with zero attached hydrogens (tertiary/aromatic N) is 6. The van der Waals surface area contributed by atoms with Crippen molar-refractivity contribution < 1.29 is 19.1 Å². The van der Waals surface area contributed by atoms with Gasteiger partial charge >= 0.3 is 0 Å². The Balaban J connectivity index is 1.05. The average molecular weight is 702 g/mol. The molecule has 1 spiro atoms. The van der Waals surface area contributed by atoms with Gasteiger partial charge < -0.3 is 19.7 Å². The third-order valence-electron chi connectivity index (χ3n) is 11.7. The quantitative estimate of drug-likeness (QED) is 0.268. The predicted molar refractivity (Wildman–Crippen MR) is 199 cm³/mol. The number of methoxy groups -OCH3 is 2. The largest absolute Gasteiger partial charge is 0.481 e. The van der Waals surface area contributed by atoms with Crippen LogP contribution in [0.4, 0.5) is 0 Å². The van der Waals surface area contributed by atoms with Crippen LogP contribution in [-0.2, 0) is 22.6 Å². The van der Waals surface area contributed by atoms with Crippen LogP contribution in [0.1, 0.15) is 60.2 Å². The van der Waals surface area contributed by atoms with Gasteiger partial charge in [-0.2, -0.15) is 0 Å². The maximum absolute atomic E-state index is 11.9. The minimum Gasteiger partial charge on any atom is -0.481 e. The van der Waals surface area contributed by atoms with Crippen LogP contribution in [-0.4, -0.2) is 100 Å². The zero-order chi connectivity index (χ0) is 36.1. The molecule has 2 aromatic heterocycles. The maximum atomic E-state index is 11.9. The van der Waals surface area contributed by atoms with Gasteiger partial charge in [-0.25, -0.2) is 9.97 Å². The van der Waals surface area contributed by atoms with Gasteiger partial charge in [0.15, 0.2) is 0 Å². The van der Waals surface area contributed by atoms with Gasteiger partial charge in [0.1, 0.15) is 5.69 Å². The third-order valence-corrected chi connectivity index (χ3v) is 11.7. The van der Waals surface area contributed by atoms with Gasteiger partial charge in [-0.05, 0) is 67.0 Å². The number of fused-ring (bicyclic) bond motifs is 1. The van der Waals surface area contributed by atoms with Crippen molar-refractivity contribution in [3.05, 3.63) is 76.6 Å². The number of ether oxygens (including phenoxy) is 2. The second-order valence-corrected chi connectivity index (χ2v) is 14.8. The Labute approximate surface area is 305 Å². The van der Waals surface area contributed by atoms with Crippen LogP contribution in [0.15, 0.2) is 48.7 Å². The van der Waals surface area contributed by atoms with Gasteiger partial charge in [-0.1, -0.05) is 36.4 Å². The number of aromatic nitrogens is 3. The Morgan fingerprint density at radius 3 is 2.13 bits per heavy atom. The van der Waals surface area contributed by atoms with Gasteiger partial charge in [-0.3, -0.25) is 24.4 Å². The van der Waals surface area contributed by atoms with E-state index in [2.05, 4.69) is 71.4 Å². The van der Waals surface area contributed by atoms with Crippen molar-refractivity contribution in [3.63, 3.8) is 0 Å². The fourth-order valence-electron chi connectivity index (χ4n) is 8.94. The molecule has 1 atom stereocenters. The lowest BCUT2D eigenvalue weighted by Crippen LogP contribution is -2.66. The van der Waals surface area contributed by atoms with Crippen molar-refractivity contribution in [2.75, 3.05) is 53.5 Å². The van der Waals surface area contributed by atoms with Crippen molar-refractivity contribution in [2.45, 2.75) is 64.6 Å². The number of carbonyl (C=O) groups is 2. The van der Waals surface area contributed by atoms with Crippen LogP contribution in [0, 0.1) is 13.8 Å². The molecule has 11 heteroatoms. The summed E-state index contributed by atoms with van der Waals surface area (Å²) in [6, 6.07) is 15.3. The zero-order valence-electron chi connectivity index (χ0n) is 30.8. The van der Waals surface area contributed by atoms with Crippen molar-refractivity contribution in [1.82, 2.24) is 35.0 Å². The summed E-state index contributed by atoms with van der Waals surface area (Å²) in [5.41, 5.74) is 11.5. The summed E-state index contributed by atoms with van der Waals surface area (Å²) in [6.45, 7) is 11.5. The minimum atomic E-state index is -0.0783. The smallest absolute Gasteiger partial charge is 0.237 e. The lowest BCUT2D eigenvalue weighted by molar-refractivity contribution is -0.131. The number of nitrogens with one attached hydrogen (secondary N) is 1. The van der Waals surface area contributed by atoms with Crippen LogP contribution in [0.25, 0.3) is 33.6 Å². The molecule has 4 aliphatic rings. The SMILES string of the molecule is COc1nc(-c2cccc(-c3cccc(-c4cc5c(c(OC)n4)[C@@H](N4CCN(C(C)=O)CC4)CC5)c3C)c2C)cnc1CN1CC2(CCC(=O)N2)C1. The highest BCUT2D eigenvalue weighted by molar-refractivity contribution is 5.83. The van der Waals surface area contributed by atoms with Crippen molar-refractivity contribution in [2.24, 2.45) is 0 Å². The van der Waals surface area contributed by atoms with E-state index in [1.807, 2.05) is 11.1 Å². The second kappa shape index (κ2) is 13.6. The van der Waals surface area contributed by atoms with E-state index in [0.29, 0.717) is 24.7 Å². The van der Waals surface area contributed by atoms with Crippen LogP contribution in [0.2, 0.25) is 0 Å². The summed E-state index contributed by atoms with van der Waals surface area (Å²) < 4.78 is 11.7. The van der Waals surface area contributed by atoms with Gasteiger partial charge in [0.05, 0.1) is 37.3 Å². The van der Waals surface area contributed by atoms with E-state index in [9.17, 15) is 9.59 Å². The summed E-state index contributed by atoms with van der Waals surface area (Å²) >= 11 is 0. The minimum absolute atomic E-state index is 0.0783. The molecular weight excluding hydrogens is 654 g/mol. The van der Waals surface area contributed by atoms with E-state index in [0.717, 1.165) is 109 Å². The Hall–Kier alpha value is -4.87. The maximum Gasteiger partial charge on any atom is 0.237 e. The molecule has 11 nitrogen and oxygen atoms in total. The van der Waals surface area contributed by atoms with Crippen LogP contribution >= 0.6 is 0 Å². The molecule has 3 saturated heterocycles. The third kappa shape index (κ3) is 6.09. The summed E-state index contributed by atoms with van der Waals surface area (Å²) in [4.78, 5) is 45.3. The molecule has 8 rings (SSSR count). The summed E-state index contributed by atoms with van der Waals surface area (Å²) in [6.07, 6.45) is 5.34. The average Bonchev–Trinajstić information content (AvgIpc) is 3.75. The Morgan fingerprint density at radius 1 is 0.885 bits per heavy atom. The number of benzene rings is 2. The molecule has 0 saturated carbocycles. The fraction of sp³-hybridized carbons (Fsp3) is 0.439. The van der Waals surface area contributed by atoms with E-state index in [4.69, 9.17) is 24.4 Å². The standard InChI is InChI=1S/C41H47N7O4/c1-25-29(8-6-10-31(25)33-20-28-12-13-36(38(28)40(43-33)52-5)48-18-16-47(17-19-48)27(3)49)30-9-7-11-32(26(30)2)34-21-42-35(39(44-34)51-4)22-46-23-41(24-46)15-14-37(50)45-41/h6-11,20-21,36H,12-19,22-24H2,1-5H3,(H,45,50)/t36-/m0/s1. The van der Waals surface area contributed by atoms with Crippen molar-refractivity contribution >= 4 is 11.8 Å². The van der Waals surface area contributed by atoms with E-state index in [-0.39, 0.29) is 23.4 Å². The number of hydrogen-bond donors (Lipinski definition) is 1. The van der Waals surface area contributed by atoms with Crippen molar-refractivity contribution in [1.29, 1.82) is 0 Å². The van der Waals surface area contributed by atoms with Crippen LogP contribution in [0.5, 0.6) is 11.8 Å². The number of hydrogen-bond acceptors (Lipinski definition) is 9. The number of piperazine rings is 1. The van der Waals surface area contributed by atoms with E-state index < -0.39 is 0 Å². The summed E-state index contributed by atoms with van der Waals surface area (Å²) in [5, 5.41) is 3.15. The highest BCUT2D eigenvalue weighted by Crippen LogP contribution is 2.44. The van der Waals surface area contributed by atoms with Gasteiger partial charge in [0.25, 0.3) is 0 Å². The number of carbonyl (C=O) groups excluding carboxylic acids is 2. The first-order valence-corrected chi connectivity index (χ1v) is 18.4. The highest BCUT2D eigenvalue weighted by Gasteiger charge is 2.47. The second-order valence-electron chi connectivity index (χ2n) is 14.8. The Kier molecular flexibility index (Phi) is 8.95. The molecule has 0 unspecified atom stereocenters. The first kappa shape index (κ1) is 34.2. The predicted octanol–water partition coefficient (Wildman–Crippen LogP) is 5.12. The monoisotopic (exact) mass is 701 g/mol. The molecule has 3 aliphatic heterocycles. The lowest BCUT2D eigenvalue weighted by atomic mass is 9.88. The summed E-state index contributed by atoms with van der Waals surface area (Å²) in [5.74, 6) is 1.51. The van der Waals surface area contributed by atoms with Crippen LogP contribution in [0.3, 0.4) is 0 Å². The molecule has 1 N–H and O–H groups in total. The molecule has 0 radical (unpaired) electrons. The normalized spacial score (nSPS) is 19.8. The van der Waals surface area contributed by atoms with Crippen molar-refractivity contribution in [3.8, 4) is 45.4 Å². The molecular formula is C41H47N7O4. The topological polar surface area (TPSA) is 113 Å². The molecule has 0 bridgehead atoms. The first-order valence-electron chi connectivity index (χ1n) is 18.4. The van der Waals surface area contributed by atoms with E-state index >= 15 is 0 Å². The zero-order valence-corrected chi connectivity index (χ0v) is 30.8. The van der Waals surface area contributed by atoms with E-state index in [1.165, 1.54) is 11.1 Å². The van der Waals surface area contributed by atoms with Gasteiger partial charge in [0, 0.05) is 81.9 Å². The Bertz CT molecular complexity index is 2050. The van der Waals surface area contributed by atoms with E-state index in [1.54, 1.807) is 21.1 Å². The highest BCUT2D eigenvalue weighted by atomic mass is 16.5. The lowest BCUT2D eigenvalue weighted by Gasteiger charge is -2.47. The summed E-state index contributed by atoms with van der Waals surface area (Å²) in [7, 11) is 3.36. The number of aryl methyl sites for hydroxylation is 1. The van der Waals surface area contributed by atoms with Gasteiger partial charge in [-0.15, -0.1) is 0 Å². The number of amides is 2. The first-order chi connectivity index (χ1) is 25.2. The number of pyridine rings is 1. The number of rotatable bonds is 8. The molecule has 3 fully saturated rings. The molecule has 5 heterocycles. The molecule has 270 valence electrons. The Morgan fingerprint density at radius 2 is 1.52 bits per heavy atom. The van der Waals surface area contributed by atoms with Gasteiger partial charge in [0.2, 0.25) is 23.6 Å². The fourth-order valence-corrected chi connectivity index (χ4v) is 8.94. The number of likely N-dealkylation sites (tertiary alicyclic amines) is 1. The molecule has 2 amide bonds. The molecule has 52 heavy (non-hydrogen) atoms. The molecule has 1 aliphatic carbocycles. The van der Waals surface area contributed by atoms with Crippen LogP contribution < -0.4 is 14.8 Å². The molecule has 2 aromatic carbocycles. The molecule has 4 aromatic rings.